The second-order valence-corrected chi connectivity index (χ2v) is 6.02. The van der Waals surface area contributed by atoms with E-state index in [-0.39, 0.29) is 29.1 Å². The zero-order valence-electron chi connectivity index (χ0n) is 15.0. The van der Waals surface area contributed by atoms with Gasteiger partial charge in [-0.2, -0.15) is 0 Å². The molecule has 1 unspecified atom stereocenters. The van der Waals surface area contributed by atoms with Crippen LogP contribution < -0.4 is 0 Å². The van der Waals surface area contributed by atoms with Crippen LogP contribution in [-0.2, 0) is 14.3 Å². The molecule has 0 saturated heterocycles. The smallest absolute Gasteiger partial charge is 0.339 e. The van der Waals surface area contributed by atoms with Crippen molar-refractivity contribution in [1.29, 1.82) is 0 Å². The molecule has 6 heteroatoms. The molecule has 0 N–H and O–H groups in total. The molecule has 1 amide bonds. The maximum atomic E-state index is 12.5. The first-order chi connectivity index (χ1) is 11.2. The number of benzene rings is 1. The third-order valence-electron chi connectivity index (χ3n) is 3.55. The number of hydrogen-bond donors (Lipinski definition) is 0. The normalized spacial score (nSPS) is 12.0. The Morgan fingerprint density at radius 1 is 0.875 bits per heavy atom. The van der Waals surface area contributed by atoms with Crippen molar-refractivity contribution in [3.8, 4) is 0 Å². The molecule has 0 spiro atoms. The molecular formula is C18H25NO5. The highest BCUT2D eigenvalue weighted by molar-refractivity contribution is 6.03. The molecule has 0 heterocycles. The van der Waals surface area contributed by atoms with Gasteiger partial charge in [-0.1, -0.05) is 12.1 Å². The van der Waals surface area contributed by atoms with Crippen LogP contribution in [-0.4, -0.2) is 48.0 Å². The number of amides is 1. The van der Waals surface area contributed by atoms with E-state index in [1.54, 1.807) is 17.0 Å². The van der Waals surface area contributed by atoms with E-state index < -0.39 is 18.0 Å². The van der Waals surface area contributed by atoms with Crippen molar-refractivity contribution in [2.45, 2.75) is 52.8 Å². The van der Waals surface area contributed by atoms with Crippen molar-refractivity contribution < 1.29 is 23.9 Å². The second kappa shape index (κ2) is 8.47. The fraction of sp³-hybridized carbons (Fsp3) is 0.500. The van der Waals surface area contributed by atoms with Crippen molar-refractivity contribution in [3.63, 3.8) is 0 Å². The van der Waals surface area contributed by atoms with Crippen LogP contribution in [0.25, 0.3) is 0 Å². The predicted molar refractivity (Wildman–Crippen MR) is 89.8 cm³/mol. The van der Waals surface area contributed by atoms with Crippen molar-refractivity contribution in [2.75, 3.05) is 7.11 Å². The summed E-state index contributed by atoms with van der Waals surface area (Å²) >= 11 is 0. The molecule has 1 aromatic carbocycles. The van der Waals surface area contributed by atoms with Gasteiger partial charge < -0.3 is 14.4 Å². The molecule has 1 rings (SSSR count). The zero-order valence-corrected chi connectivity index (χ0v) is 15.0. The maximum absolute atomic E-state index is 12.5. The van der Waals surface area contributed by atoms with Crippen LogP contribution in [0.4, 0.5) is 0 Å². The van der Waals surface area contributed by atoms with E-state index in [4.69, 9.17) is 4.74 Å². The summed E-state index contributed by atoms with van der Waals surface area (Å²) in [6, 6.07) is 6.15. The molecule has 132 valence electrons. The van der Waals surface area contributed by atoms with Crippen LogP contribution in [0.1, 0.15) is 55.3 Å². The fourth-order valence-corrected chi connectivity index (χ4v) is 2.54. The standard InChI is InChI=1S/C18H25NO5/c1-11(2)19(12(3)4)16(20)13(5)24-18(22)15-10-8-7-9-14(15)17(21)23-6/h7-13H,1-6H3. The topological polar surface area (TPSA) is 72.9 Å². The Morgan fingerprint density at radius 3 is 1.75 bits per heavy atom. The van der Waals surface area contributed by atoms with E-state index in [9.17, 15) is 14.4 Å². The number of esters is 2. The average Bonchev–Trinajstić information content (AvgIpc) is 2.53. The van der Waals surface area contributed by atoms with Gasteiger partial charge in [0.1, 0.15) is 0 Å². The lowest BCUT2D eigenvalue weighted by Crippen LogP contribution is -2.47. The van der Waals surface area contributed by atoms with Crippen LogP contribution in [0.3, 0.4) is 0 Å². The quantitative estimate of drug-likeness (QED) is 0.747. The van der Waals surface area contributed by atoms with Gasteiger partial charge in [-0.25, -0.2) is 9.59 Å². The summed E-state index contributed by atoms with van der Waals surface area (Å²) in [6.07, 6.45) is -0.951. The SMILES string of the molecule is COC(=O)c1ccccc1C(=O)OC(C)C(=O)N(C(C)C)C(C)C. The minimum Gasteiger partial charge on any atom is -0.465 e. The number of carbonyl (C=O) groups excluding carboxylic acids is 3. The van der Waals surface area contributed by atoms with Crippen LogP contribution in [0.5, 0.6) is 0 Å². The highest BCUT2D eigenvalue weighted by Gasteiger charge is 2.29. The third kappa shape index (κ3) is 4.57. The molecule has 0 aliphatic heterocycles. The van der Waals surface area contributed by atoms with Gasteiger partial charge in [0.05, 0.1) is 18.2 Å². The summed E-state index contributed by atoms with van der Waals surface area (Å²) in [4.78, 5) is 38.3. The van der Waals surface area contributed by atoms with E-state index in [0.717, 1.165) is 0 Å². The summed E-state index contributed by atoms with van der Waals surface area (Å²) in [5, 5.41) is 0. The van der Waals surface area contributed by atoms with Crippen LogP contribution in [0.2, 0.25) is 0 Å². The molecule has 0 aliphatic carbocycles. The summed E-state index contributed by atoms with van der Waals surface area (Å²) in [5.74, 6) is -1.64. The summed E-state index contributed by atoms with van der Waals surface area (Å²) < 4.78 is 9.94. The summed E-state index contributed by atoms with van der Waals surface area (Å²) in [5.41, 5.74) is 0.180. The Kier molecular flexibility index (Phi) is 6.95. The summed E-state index contributed by atoms with van der Waals surface area (Å²) in [6.45, 7) is 9.13. The highest BCUT2D eigenvalue weighted by atomic mass is 16.5. The number of rotatable bonds is 6. The Morgan fingerprint density at radius 2 is 1.33 bits per heavy atom. The second-order valence-electron chi connectivity index (χ2n) is 6.02. The zero-order chi connectivity index (χ0) is 18.4. The van der Waals surface area contributed by atoms with Gasteiger partial charge in [0.25, 0.3) is 5.91 Å². The molecule has 0 aromatic heterocycles. The first-order valence-electron chi connectivity index (χ1n) is 7.91. The predicted octanol–water partition coefficient (Wildman–Crippen LogP) is 2.66. The van der Waals surface area contributed by atoms with Gasteiger partial charge in [-0.15, -0.1) is 0 Å². The molecule has 0 radical (unpaired) electrons. The van der Waals surface area contributed by atoms with Gasteiger partial charge in [-0.3, -0.25) is 4.79 Å². The van der Waals surface area contributed by atoms with E-state index >= 15 is 0 Å². The number of methoxy groups -OCH3 is 1. The van der Waals surface area contributed by atoms with Crippen molar-refractivity contribution in [2.24, 2.45) is 0 Å². The van der Waals surface area contributed by atoms with Crippen LogP contribution >= 0.6 is 0 Å². The number of carbonyl (C=O) groups is 3. The van der Waals surface area contributed by atoms with E-state index in [1.165, 1.54) is 26.2 Å². The monoisotopic (exact) mass is 335 g/mol. The molecule has 0 aliphatic rings. The van der Waals surface area contributed by atoms with Gasteiger partial charge >= 0.3 is 11.9 Å². The van der Waals surface area contributed by atoms with E-state index in [1.807, 2.05) is 27.7 Å². The van der Waals surface area contributed by atoms with Crippen molar-refractivity contribution in [1.82, 2.24) is 4.90 Å². The lowest BCUT2D eigenvalue weighted by molar-refractivity contribution is -0.143. The maximum Gasteiger partial charge on any atom is 0.339 e. The fourth-order valence-electron chi connectivity index (χ4n) is 2.54. The van der Waals surface area contributed by atoms with Gasteiger partial charge in [0, 0.05) is 12.1 Å². The van der Waals surface area contributed by atoms with Gasteiger partial charge in [0.15, 0.2) is 6.10 Å². The van der Waals surface area contributed by atoms with Gasteiger partial charge in [-0.05, 0) is 46.8 Å². The Bertz CT molecular complexity index is 601. The lowest BCUT2D eigenvalue weighted by Gasteiger charge is -2.32. The Labute approximate surface area is 142 Å². The molecule has 1 atom stereocenters. The Hall–Kier alpha value is -2.37. The largest absolute Gasteiger partial charge is 0.465 e. The lowest BCUT2D eigenvalue weighted by atomic mass is 10.1. The first kappa shape index (κ1) is 19.7. The highest BCUT2D eigenvalue weighted by Crippen LogP contribution is 2.15. The minimum atomic E-state index is -0.951. The van der Waals surface area contributed by atoms with E-state index in [0.29, 0.717) is 0 Å². The van der Waals surface area contributed by atoms with Crippen molar-refractivity contribution in [3.05, 3.63) is 35.4 Å². The molecular weight excluding hydrogens is 310 g/mol. The van der Waals surface area contributed by atoms with E-state index in [2.05, 4.69) is 4.74 Å². The first-order valence-corrected chi connectivity index (χ1v) is 7.91. The van der Waals surface area contributed by atoms with Crippen LogP contribution in [0.15, 0.2) is 24.3 Å². The van der Waals surface area contributed by atoms with Crippen molar-refractivity contribution >= 4 is 17.8 Å². The Balaban J connectivity index is 2.96. The van der Waals surface area contributed by atoms with Gasteiger partial charge in [0.2, 0.25) is 0 Å². The number of ether oxygens (including phenoxy) is 2. The van der Waals surface area contributed by atoms with Crippen LogP contribution in [0, 0.1) is 0 Å². The molecule has 1 aromatic rings. The molecule has 6 nitrogen and oxygen atoms in total. The molecule has 0 fully saturated rings. The molecule has 24 heavy (non-hydrogen) atoms. The number of nitrogens with zero attached hydrogens (tertiary/aromatic N) is 1. The third-order valence-corrected chi connectivity index (χ3v) is 3.55. The average molecular weight is 335 g/mol. The minimum absolute atomic E-state index is 0.0130. The summed E-state index contributed by atoms with van der Waals surface area (Å²) in [7, 11) is 1.24. The number of hydrogen-bond acceptors (Lipinski definition) is 5. The molecule has 0 saturated carbocycles. The molecule has 0 bridgehead atoms.